The third-order valence-corrected chi connectivity index (χ3v) is 2.85. The molecule has 0 saturated heterocycles. The molecule has 22 heavy (non-hydrogen) atoms. The molecule has 130 valence electrons. The van der Waals surface area contributed by atoms with Crippen molar-refractivity contribution in [3.63, 3.8) is 0 Å². The number of nitrogens with two attached hydrogens (primary N) is 1. The molecular weight excluding hydrogens is 293 g/mol. The van der Waals surface area contributed by atoms with Gasteiger partial charge in [0.25, 0.3) is 0 Å². The molecule has 0 aromatic rings. The van der Waals surface area contributed by atoms with Gasteiger partial charge in [-0.2, -0.15) is 0 Å². The number of ether oxygens (including phenoxy) is 1. The second kappa shape index (κ2) is 11.9. The summed E-state index contributed by atoms with van der Waals surface area (Å²) in [6.07, 6.45) is 2.06. The highest BCUT2D eigenvalue weighted by atomic mass is 19.1. The summed E-state index contributed by atoms with van der Waals surface area (Å²) < 4.78 is 18.3. The lowest BCUT2D eigenvalue weighted by atomic mass is 9.97. The molecule has 0 aliphatic heterocycles. The minimum atomic E-state index is -1.11. The van der Waals surface area contributed by atoms with Gasteiger partial charge in [-0.25, -0.2) is 4.39 Å². The average molecular weight is 321 g/mol. The van der Waals surface area contributed by atoms with Crippen LogP contribution in [0.25, 0.3) is 0 Å². The number of hydrogen-bond donors (Lipinski definition) is 2. The quantitative estimate of drug-likeness (QED) is 0.315. The molecule has 1 atom stereocenters. The number of esters is 1. The molecule has 0 rings (SSSR count). The molecule has 0 aromatic carbocycles. The van der Waals surface area contributed by atoms with E-state index in [0.717, 1.165) is 7.11 Å². The van der Waals surface area contributed by atoms with E-state index in [1.165, 1.54) is 20.3 Å². The van der Waals surface area contributed by atoms with Crippen molar-refractivity contribution in [2.75, 3.05) is 34.9 Å². The first-order chi connectivity index (χ1) is 10.2. The summed E-state index contributed by atoms with van der Waals surface area (Å²) in [6, 6.07) is 0. The molecule has 7 nitrogen and oxygen atoms in total. The number of aliphatic hydroxyl groups excluding tert-OH is 1. The van der Waals surface area contributed by atoms with Crippen molar-refractivity contribution < 1.29 is 23.9 Å². The molecule has 0 heterocycles. The zero-order chi connectivity index (χ0) is 17.8. The highest BCUT2D eigenvalue weighted by Gasteiger charge is 2.28. The van der Waals surface area contributed by atoms with Crippen LogP contribution in [-0.4, -0.2) is 62.3 Å². The van der Waals surface area contributed by atoms with Crippen LogP contribution in [0.2, 0.25) is 0 Å². The minimum absolute atomic E-state index is 0.0816. The van der Waals surface area contributed by atoms with E-state index in [9.17, 15) is 9.18 Å². The summed E-state index contributed by atoms with van der Waals surface area (Å²) in [6.45, 7) is 3.36. The van der Waals surface area contributed by atoms with Gasteiger partial charge in [0.1, 0.15) is 24.3 Å². The zero-order valence-electron chi connectivity index (χ0n) is 14.2. The van der Waals surface area contributed by atoms with Crippen molar-refractivity contribution in [3.8, 4) is 0 Å². The minimum Gasteiger partial charge on any atom is -0.468 e. The fraction of sp³-hybridized carbons (Fsp3) is 0.714. The average Bonchev–Trinajstić information content (AvgIpc) is 2.48. The van der Waals surface area contributed by atoms with E-state index in [4.69, 9.17) is 10.8 Å². The third-order valence-electron chi connectivity index (χ3n) is 2.85. The number of aliphatic hydroxyl groups is 1. The number of methoxy groups -OCH3 is 1. The van der Waals surface area contributed by atoms with Gasteiger partial charge in [0, 0.05) is 14.2 Å². The normalized spacial score (nSPS) is 14.4. The Bertz CT molecular complexity index is 384. The van der Waals surface area contributed by atoms with E-state index < -0.39 is 11.5 Å². The molecule has 0 amide bonds. The lowest BCUT2D eigenvalue weighted by molar-refractivity contribution is -0.146. The Morgan fingerprint density at radius 2 is 2.00 bits per heavy atom. The molecule has 0 radical (unpaired) electrons. The molecule has 0 aliphatic carbocycles. The second-order valence-electron chi connectivity index (χ2n) is 4.78. The van der Waals surface area contributed by atoms with Crippen molar-refractivity contribution >= 4 is 11.8 Å². The SMILES string of the molecule is CO.CO/N=C(/C)N(C)C/C(F)=C\CCC(C)(N)C(=O)OC. The van der Waals surface area contributed by atoms with E-state index in [2.05, 4.69) is 14.7 Å². The molecule has 1 unspecified atom stereocenters. The summed E-state index contributed by atoms with van der Waals surface area (Å²) in [5.41, 5.74) is 4.67. The summed E-state index contributed by atoms with van der Waals surface area (Å²) in [4.78, 5) is 17.6. The Morgan fingerprint density at radius 3 is 2.45 bits per heavy atom. The van der Waals surface area contributed by atoms with E-state index in [1.54, 1.807) is 25.8 Å². The molecule has 0 aliphatic rings. The number of carbonyl (C=O) groups excluding carboxylic acids is 1. The number of rotatable bonds is 7. The van der Waals surface area contributed by atoms with Gasteiger partial charge in [0.2, 0.25) is 0 Å². The predicted molar refractivity (Wildman–Crippen MR) is 83.9 cm³/mol. The highest BCUT2D eigenvalue weighted by Crippen LogP contribution is 2.13. The lowest BCUT2D eigenvalue weighted by Gasteiger charge is -2.20. The first kappa shape index (κ1) is 22.6. The maximum Gasteiger partial charge on any atom is 0.325 e. The number of hydrogen-bond acceptors (Lipinski definition) is 6. The topological polar surface area (TPSA) is 97.4 Å². The van der Waals surface area contributed by atoms with Crippen molar-refractivity contribution in [2.24, 2.45) is 10.9 Å². The highest BCUT2D eigenvalue weighted by molar-refractivity contribution is 5.80. The molecule has 0 aromatic heterocycles. The van der Waals surface area contributed by atoms with E-state index in [0.29, 0.717) is 18.7 Å². The summed E-state index contributed by atoms with van der Waals surface area (Å²) in [5.74, 6) is -0.264. The Morgan fingerprint density at radius 1 is 1.45 bits per heavy atom. The van der Waals surface area contributed by atoms with E-state index >= 15 is 0 Å². The molecular formula is C14H28FN3O4. The summed E-state index contributed by atoms with van der Waals surface area (Å²) >= 11 is 0. The van der Waals surface area contributed by atoms with Crippen molar-refractivity contribution in [1.82, 2.24) is 4.90 Å². The molecule has 0 spiro atoms. The number of halogens is 1. The Kier molecular flexibility index (Phi) is 12.3. The fourth-order valence-electron chi connectivity index (χ4n) is 1.47. The molecule has 0 bridgehead atoms. The maximum absolute atomic E-state index is 13.7. The largest absolute Gasteiger partial charge is 0.468 e. The van der Waals surface area contributed by atoms with Crippen LogP contribution in [-0.2, 0) is 14.4 Å². The van der Waals surface area contributed by atoms with Gasteiger partial charge in [0.05, 0.1) is 13.7 Å². The van der Waals surface area contributed by atoms with Crippen LogP contribution in [0, 0.1) is 0 Å². The zero-order valence-corrected chi connectivity index (χ0v) is 14.2. The number of amidine groups is 1. The van der Waals surface area contributed by atoms with Crippen LogP contribution < -0.4 is 5.73 Å². The first-order valence-electron chi connectivity index (χ1n) is 6.70. The van der Waals surface area contributed by atoms with Gasteiger partial charge in [-0.1, -0.05) is 11.2 Å². The first-order valence-corrected chi connectivity index (χ1v) is 6.70. The molecule has 0 saturated carbocycles. The number of carbonyl (C=O) groups is 1. The Labute approximate surface area is 131 Å². The van der Waals surface area contributed by atoms with E-state index in [-0.39, 0.29) is 12.4 Å². The standard InChI is InChI=1S/C13H24FN3O3.CH4O/c1-10(16-20-5)17(3)9-11(14)7-6-8-13(2,15)12(18)19-4;1-2/h7H,6,8-9,15H2,1-5H3;2H,1H3/b11-7+,16-10-;. The number of allylic oxidation sites excluding steroid dienone is 1. The molecule has 0 fully saturated rings. The van der Waals surface area contributed by atoms with Crippen LogP contribution in [0.1, 0.15) is 26.7 Å². The molecule has 8 heteroatoms. The van der Waals surface area contributed by atoms with Gasteiger partial charge < -0.3 is 25.3 Å². The van der Waals surface area contributed by atoms with Crippen LogP contribution in [0.5, 0.6) is 0 Å². The fourth-order valence-corrected chi connectivity index (χ4v) is 1.47. The van der Waals surface area contributed by atoms with Crippen LogP contribution in [0.15, 0.2) is 17.1 Å². The van der Waals surface area contributed by atoms with Crippen LogP contribution in [0.3, 0.4) is 0 Å². The number of likely N-dealkylation sites (N-methyl/N-ethyl adjacent to an activating group) is 1. The maximum atomic E-state index is 13.7. The van der Waals surface area contributed by atoms with Crippen LogP contribution >= 0.6 is 0 Å². The number of oxime groups is 1. The van der Waals surface area contributed by atoms with E-state index in [1.807, 2.05) is 0 Å². The van der Waals surface area contributed by atoms with Crippen molar-refractivity contribution in [2.45, 2.75) is 32.2 Å². The molecule has 3 N–H and O–H groups in total. The number of nitrogens with zero attached hydrogens (tertiary/aromatic N) is 2. The Hall–Kier alpha value is -1.67. The predicted octanol–water partition coefficient (Wildman–Crippen LogP) is 1.03. The smallest absolute Gasteiger partial charge is 0.325 e. The van der Waals surface area contributed by atoms with Crippen molar-refractivity contribution in [1.29, 1.82) is 0 Å². The van der Waals surface area contributed by atoms with Gasteiger partial charge >= 0.3 is 5.97 Å². The third kappa shape index (κ3) is 9.30. The van der Waals surface area contributed by atoms with Gasteiger partial charge in [0.15, 0.2) is 0 Å². The van der Waals surface area contributed by atoms with Gasteiger partial charge in [-0.05, 0) is 26.7 Å². The van der Waals surface area contributed by atoms with Gasteiger partial charge in [-0.3, -0.25) is 4.79 Å². The summed E-state index contributed by atoms with van der Waals surface area (Å²) in [5, 5.41) is 10.7. The Balaban J connectivity index is 0. The monoisotopic (exact) mass is 321 g/mol. The lowest BCUT2D eigenvalue weighted by Crippen LogP contribution is -2.45. The second-order valence-corrected chi connectivity index (χ2v) is 4.78. The van der Waals surface area contributed by atoms with Crippen LogP contribution in [0.4, 0.5) is 4.39 Å². The van der Waals surface area contributed by atoms with Crippen molar-refractivity contribution in [3.05, 3.63) is 11.9 Å². The van der Waals surface area contributed by atoms with Gasteiger partial charge in [-0.15, -0.1) is 0 Å². The summed E-state index contributed by atoms with van der Waals surface area (Å²) in [7, 11) is 5.40.